The van der Waals surface area contributed by atoms with Crippen LogP contribution in [0.5, 0.6) is 0 Å². The molecule has 1 aromatic heterocycles. The molecule has 96 valence electrons. The van der Waals surface area contributed by atoms with E-state index in [0.717, 1.165) is 22.1 Å². The molecule has 19 heavy (non-hydrogen) atoms. The summed E-state index contributed by atoms with van der Waals surface area (Å²) >= 11 is 0. The molecule has 0 bridgehead atoms. The minimum Gasteiger partial charge on any atom is -0.458 e. The lowest BCUT2D eigenvalue weighted by Crippen LogP contribution is -2.01. The molecule has 0 spiro atoms. The second-order valence-electron chi connectivity index (χ2n) is 4.88. The zero-order valence-corrected chi connectivity index (χ0v) is 11.1. The van der Waals surface area contributed by atoms with Crippen LogP contribution < -0.4 is 0 Å². The second kappa shape index (κ2) is 4.56. The highest BCUT2D eigenvalue weighted by Gasteiger charge is 2.17. The second-order valence-corrected chi connectivity index (χ2v) is 4.88. The van der Waals surface area contributed by atoms with E-state index in [2.05, 4.69) is 0 Å². The average Bonchev–Trinajstić information content (AvgIpc) is 2.85. The summed E-state index contributed by atoms with van der Waals surface area (Å²) in [7, 11) is 0. The van der Waals surface area contributed by atoms with Gasteiger partial charge in [-0.1, -0.05) is 36.4 Å². The van der Waals surface area contributed by atoms with Gasteiger partial charge in [-0.3, -0.25) is 0 Å². The molecule has 0 aliphatic heterocycles. The predicted octanol–water partition coefficient (Wildman–Crippen LogP) is 4.13. The summed E-state index contributed by atoms with van der Waals surface area (Å²) in [5, 5.41) is 11.5. The molecule has 0 aliphatic rings. The molecule has 3 aromatic rings. The Morgan fingerprint density at radius 2 is 1.79 bits per heavy atom. The van der Waals surface area contributed by atoms with E-state index in [0.29, 0.717) is 5.76 Å². The van der Waals surface area contributed by atoms with Crippen molar-refractivity contribution < 1.29 is 9.52 Å². The van der Waals surface area contributed by atoms with E-state index in [1.54, 1.807) is 0 Å². The molecule has 0 aliphatic carbocycles. The Balaban J connectivity index is 2.08. The van der Waals surface area contributed by atoms with Crippen LogP contribution in [0.1, 0.15) is 28.6 Å². The number of aryl methyl sites for hydroxylation is 1. The van der Waals surface area contributed by atoms with E-state index >= 15 is 0 Å². The number of benzene rings is 2. The molecule has 0 amide bonds. The first-order valence-electron chi connectivity index (χ1n) is 6.39. The number of aliphatic hydroxyl groups excluding tert-OH is 1. The Kier molecular flexibility index (Phi) is 2.88. The topological polar surface area (TPSA) is 33.4 Å². The van der Waals surface area contributed by atoms with Crippen LogP contribution in [-0.2, 0) is 0 Å². The number of furan rings is 1. The van der Waals surface area contributed by atoms with Crippen molar-refractivity contribution in [2.75, 3.05) is 0 Å². The summed E-state index contributed by atoms with van der Waals surface area (Å²) in [6.07, 6.45) is -0.715. The quantitative estimate of drug-likeness (QED) is 0.744. The van der Waals surface area contributed by atoms with Crippen LogP contribution >= 0.6 is 0 Å². The highest BCUT2D eigenvalue weighted by atomic mass is 16.4. The van der Waals surface area contributed by atoms with E-state index in [1.165, 1.54) is 5.56 Å². The Morgan fingerprint density at radius 3 is 2.58 bits per heavy atom. The molecule has 2 aromatic carbocycles. The van der Waals surface area contributed by atoms with Crippen molar-refractivity contribution in [3.63, 3.8) is 0 Å². The highest BCUT2D eigenvalue weighted by molar-refractivity contribution is 5.77. The van der Waals surface area contributed by atoms with E-state index in [1.807, 2.05) is 62.4 Å². The molecule has 1 atom stereocenters. The van der Waals surface area contributed by atoms with Gasteiger partial charge in [-0.25, -0.2) is 0 Å². The van der Waals surface area contributed by atoms with Gasteiger partial charge in [-0.2, -0.15) is 0 Å². The van der Waals surface area contributed by atoms with Crippen LogP contribution in [0.15, 0.2) is 52.9 Å². The normalized spacial score (nSPS) is 12.8. The molecule has 2 nitrogen and oxygen atoms in total. The average molecular weight is 252 g/mol. The smallest absolute Gasteiger partial charge is 0.138 e. The number of rotatable bonds is 2. The molecule has 0 fully saturated rings. The van der Waals surface area contributed by atoms with Gasteiger partial charge < -0.3 is 9.52 Å². The number of para-hydroxylation sites is 1. The number of fused-ring (bicyclic) bond motifs is 1. The Bertz CT molecular complexity index is 692. The minimum atomic E-state index is -0.715. The number of hydrogen-bond acceptors (Lipinski definition) is 2. The summed E-state index contributed by atoms with van der Waals surface area (Å²) in [6.45, 7) is 4.07. The van der Waals surface area contributed by atoms with Crippen molar-refractivity contribution in [1.82, 2.24) is 0 Å². The molecule has 1 unspecified atom stereocenters. The first-order chi connectivity index (χ1) is 9.16. The summed E-state index contributed by atoms with van der Waals surface area (Å²) < 4.78 is 5.73. The summed E-state index contributed by atoms with van der Waals surface area (Å²) in [6, 6.07) is 15.6. The van der Waals surface area contributed by atoms with E-state index in [-0.39, 0.29) is 0 Å². The third kappa shape index (κ3) is 2.04. The van der Waals surface area contributed by atoms with Crippen molar-refractivity contribution in [2.45, 2.75) is 20.0 Å². The third-order valence-corrected chi connectivity index (χ3v) is 3.66. The summed E-state index contributed by atoms with van der Waals surface area (Å²) in [5.74, 6) is 0.592. The predicted molar refractivity (Wildman–Crippen MR) is 76.2 cm³/mol. The van der Waals surface area contributed by atoms with Gasteiger partial charge in [0.15, 0.2) is 0 Å². The zero-order chi connectivity index (χ0) is 13.4. The molecular formula is C17H16O2. The van der Waals surface area contributed by atoms with Gasteiger partial charge in [0.2, 0.25) is 0 Å². The molecule has 1 N–H and O–H groups in total. The van der Waals surface area contributed by atoms with Crippen LogP contribution in [0, 0.1) is 13.8 Å². The third-order valence-electron chi connectivity index (χ3n) is 3.66. The molecule has 3 rings (SSSR count). The van der Waals surface area contributed by atoms with E-state index < -0.39 is 6.10 Å². The van der Waals surface area contributed by atoms with Crippen molar-refractivity contribution >= 4 is 11.0 Å². The van der Waals surface area contributed by atoms with Crippen LogP contribution in [0.25, 0.3) is 11.0 Å². The number of hydrogen-bond donors (Lipinski definition) is 1. The molecule has 1 heterocycles. The monoisotopic (exact) mass is 252 g/mol. The fourth-order valence-electron chi connectivity index (χ4n) is 2.36. The Hall–Kier alpha value is -2.06. The fraction of sp³-hybridized carbons (Fsp3) is 0.176. The van der Waals surface area contributed by atoms with Gasteiger partial charge in [0, 0.05) is 5.39 Å². The van der Waals surface area contributed by atoms with Gasteiger partial charge in [-0.15, -0.1) is 0 Å². The Morgan fingerprint density at radius 1 is 1.00 bits per heavy atom. The van der Waals surface area contributed by atoms with Crippen LogP contribution in [-0.4, -0.2) is 5.11 Å². The van der Waals surface area contributed by atoms with Crippen LogP contribution in [0.2, 0.25) is 0 Å². The van der Waals surface area contributed by atoms with E-state index in [4.69, 9.17) is 4.42 Å². The van der Waals surface area contributed by atoms with Crippen molar-refractivity contribution in [2.24, 2.45) is 0 Å². The molecular weight excluding hydrogens is 236 g/mol. The molecule has 0 radical (unpaired) electrons. The van der Waals surface area contributed by atoms with Crippen molar-refractivity contribution in [3.8, 4) is 0 Å². The summed E-state index contributed by atoms with van der Waals surface area (Å²) in [5.41, 5.74) is 3.99. The molecule has 2 heteroatoms. The highest BCUT2D eigenvalue weighted by Crippen LogP contribution is 2.30. The van der Waals surface area contributed by atoms with Gasteiger partial charge >= 0.3 is 0 Å². The lowest BCUT2D eigenvalue weighted by molar-refractivity contribution is 0.191. The minimum absolute atomic E-state index is 0.592. The van der Waals surface area contributed by atoms with Crippen molar-refractivity contribution in [1.29, 1.82) is 0 Å². The molecule has 0 saturated heterocycles. The Labute approximate surface area is 112 Å². The zero-order valence-electron chi connectivity index (χ0n) is 11.1. The number of aliphatic hydroxyl groups is 1. The van der Waals surface area contributed by atoms with Crippen LogP contribution in [0.4, 0.5) is 0 Å². The van der Waals surface area contributed by atoms with Gasteiger partial charge in [0.05, 0.1) is 0 Å². The molecule has 0 saturated carbocycles. The largest absolute Gasteiger partial charge is 0.458 e. The van der Waals surface area contributed by atoms with E-state index in [9.17, 15) is 5.11 Å². The standard InChI is InChI=1S/C17H16O2/c1-11-6-5-8-14(12(11)2)17(18)16-10-13-7-3-4-9-15(13)19-16/h3-10,17-18H,1-2H3. The van der Waals surface area contributed by atoms with Crippen LogP contribution in [0.3, 0.4) is 0 Å². The lowest BCUT2D eigenvalue weighted by Gasteiger charge is -2.13. The first-order valence-corrected chi connectivity index (χ1v) is 6.39. The first kappa shape index (κ1) is 12.0. The summed E-state index contributed by atoms with van der Waals surface area (Å²) in [4.78, 5) is 0. The fourth-order valence-corrected chi connectivity index (χ4v) is 2.36. The van der Waals surface area contributed by atoms with Gasteiger partial charge in [0.1, 0.15) is 17.4 Å². The van der Waals surface area contributed by atoms with Gasteiger partial charge in [-0.05, 0) is 42.7 Å². The maximum atomic E-state index is 10.5. The van der Waals surface area contributed by atoms with Gasteiger partial charge in [0.25, 0.3) is 0 Å². The SMILES string of the molecule is Cc1cccc(C(O)c2cc3ccccc3o2)c1C. The van der Waals surface area contributed by atoms with Crippen molar-refractivity contribution in [3.05, 3.63) is 71.0 Å². The maximum absolute atomic E-state index is 10.5. The lowest BCUT2D eigenvalue weighted by atomic mass is 9.98. The maximum Gasteiger partial charge on any atom is 0.138 e.